The van der Waals surface area contributed by atoms with Crippen molar-refractivity contribution in [3.8, 4) is 17.2 Å². The highest BCUT2D eigenvalue weighted by molar-refractivity contribution is 5.81. The first kappa shape index (κ1) is 18.9. The summed E-state index contributed by atoms with van der Waals surface area (Å²) in [5.74, 6) is 0.278. The van der Waals surface area contributed by atoms with E-state index in [1.807, 2.05) is 24.3 Å². The lowest BCUT2D eigenvalue weighted by atomic mass is 10.1. The molecule has 0 amide bonds. The van der Waals surface area contributed by atoms with E-state index in [0.29, 0.717) is 11.5 Å². The van der Waals surface area contributed by atoms with E-state index in [9.17, 15) is 13.2 Å². The molecular weight excluding hydrogens is 407 g/mol. The largest absolute Gasteiger partial charge is 0.417 e. The fourth-order valence-electron chi connectivity index (χ4n) is 3.41. The smallest absolute Gasteiger partial charge is 0.287 e. The molecule has 3 aromatic heterocycles. The lowest BCUT2D eigenvalue weighted by Crippen LogP contribution is -2.12. The van der Waals surface area contributed by atoms with Gasteiger partial charge in [-0.3, -0.25) is 9.67 Å². The number of hydrogen-bond donors (Lipinski definition) is 1. The summed E-state index contributed by atoms with van der Waals surface area (Å²) >= 11 is 0. The summed E-state index contributed by atoms with van der Waals surface area (Å²) in [6.45, 7) is 0. The summed E-state index contributed by atoms with van der Waals surface area (Å²) in [5, 5.41) is 16.3. The van der Waals surface area contributed by atoms with Crippen LogP contribution in [-0.4, -0.2) is 34.9 Å². The number of rotatable bonds is 4. The number of alkyl halides is 3. The van der Waals surface area contributed by atoms with E-state index in [-0.39, 0.29) is 17.8 Å². The minimum Gasteiger partial charge on any atom is -0.287 e. The Morgan fingerprint density at radius 1 is 0.968 bits per heavy atom. The van der Waals surface area contributed by atoms with Crippen molar-refractivity contribution in [1.29, 1.82) is 0 Å². The number of aromatic amines is 1. The Morgan fingerprint density at radius 3 is 2.58 bits per heavy atom. The minimum atomic E-state index is -4.54. The van der Waals surface area contributed by atoms with Gasteiger partial charge in [0.2, 0.25) is 0 Å². The van der Waals surface area contributed by atoms with E-state index in [2.05, 4.69) is 30.4 Å². The Morgan fingerprint density at radius 2 is 1.77 bits per heavy atom. The van der Waals surface area contributed by atoms with Crippen LogP contribution >= 0.6 is 0 Å². The Hall–Kier alpha value is -4.08. The number of imidazole rings is 1. The van der Waals surface area contributed by atoms with E-state index in [4.69, 9.17) is 0 Å². The zero-order valence-electron chi connectivity index (χ0n) is 15.9. The first-order chi connectivity index (χ1) is 15.0. The molecule has 0 unspecified atom stereocenters. The summed E-state index contributed by atoms with van der Waals surface area (Å²) in [4.78, 5) is 8.50. The van der Waals surface area contributed by atoms with E-state index in [1.165, 1.54) is 24.5 Å². The van der Waals surface area contributed by atoms with Gasteiger partial charge in [-0.05, 0) is 12.1 Å². The van der Waals surface area contributed by atoms with Crippen LogP contribution < -0.4 is 0 Å². The number of aromatic nitrogens is 7. The number of nitrogens with one attached hydrogen (secondary N) is 1. The minimum absolute atomic E-state index is 0.101. The van der Waals surface area contributed by atoms with Gasteiger partial charge in [-0.25, -0.2) is 9.97 Å². The number of hydrogen-bond acceptors (Lipinski definition) is 5. The Bertz CT molecular complexity index is 1360. The number of para-hydroxylation sites is 1. The van der Waals surface area contributed by atoms with Crippen LogP contribution in [0.1, 0.15) is 17.0 Å². The van der Waals surface area contributed by atoms with Crippen LogP contribution in [0.5, 0.6) is 0 Å². The van der Waals surface area contributed by atoms with Crippen LogP contribution in [-0.2, 0) is 12.6 Å². The molecule has 0 aliphatic rings. The molecule has 0 radical (unpaired) electrons. The van der Waals surface area contributed by atoms with Gasteiger partial charge in [0.25, 0.3) is 0 Å². The molecule has 154 valence electrons. The zero-order chi connectivity index (χ0) is 21.4. The molecular formula is C21H14F3N7. The highest BCUT2D eigenvalue weighted by Gasteiger charge is 2.34. The maximum atomic E-state index is 13.5. The molecule has 0 bridgehead atoms. The maximum absolute atomic E-state index is 13.5. The van der Waals surface area contributed by atoms with Gasteiger partial charge in [-0.2, -0.15) is 18.3 Å². The SMILES string of the molecule is FC(F)(F)c1ccccc1-c1nnc(-n2ccnc2)c(Cc2[nH]nc3ccccc23)n1. The molecule has 0 fully saturated rings. The monoisotopic (exact) mass is 421 g/mol. The van der Waals surface area contributed by atoms with Crippen molar-refractivity contribution < 1.29 is 13.2 Å². The van der Waals surface area contributed by atoms with Crippen molar-refractivity contribution >= 4 is 10.9 Å². The van der Waals surface area contributed by atoms with Gasteiger partial charge in [-0.1, -0.05) is 36.4 Å². The number of halogens is 3. The number of fused-ring (bicyclic) bond motifs is 1. The molecule has 0 saturated heterocycles. The summed E-state index contributed by atoms with van der Waals surface area (Å²) in [7, 11) is 0. The molecule has 3 heterocycles. The van der Waals surface area contributed by atoms with Gasteiger partial charge < -0.3 is 0 Å². The number of H-pyrrole nitrogens is 1. The van der Waals surface area contributed by atoms with Crippen molar-refractivity contribution in [3.05, 3.63) is 84.2 Å². The van der Waals surface area contributed by atoms with Crippen LogP contribution in [0.4, 0.5) is 13.2 Å². The maximum Gasteiger partial charge on any atom is 0.417 e. The summed E-state index contributed by atoms with van der Waals surface area (Å²) in [5.41, 5.74) is 1.05. The third kappa shape index (κ3) is 3.52. The van der Waals surface area contributed by atoms with E-state index >= 15 is 0 Å². The van der Waals surface area contributed by atoms with Gasteiger partial charge >= 0.3 is 6.18 Å². The number of nitrogens with zero attached hydrogens (tertiary/aromatic N) is 6. The van der Waals surface area contributed by atoms with Crippen LogP contribution in [0.25, 0.3) is 28.1 Å². The topological polar surface area (TPSA) is 85.2 Å². The lowest BCUT2D eigenvalue weighted by molar-refractivity contribution is -0.137. The van der Waals surface area contributed by atoms with Crippen molar-refractivity contribution in [2.45, 2.75) is 12.6 Å². The van der Waals surface area contributed by atoms with Crippen LogP contribution in [0, 0.1) is 0 Å². The molecule has 5 aromatic rings. The van der Waals surface area contributed by atoms with E-state index < -0.39 is 11.7 Å². The molecule has 2 aromatic carbocycles. The average molecular weight is 421 g/mol. The second-order valence-corrected chi connectivity index (χ2v) is 6.82. The second kappa shape index (κ2) is 7.31. The highest BCUT2D eigenvalue weighted by atomic mass is 19.4. The zero-order valence-corrected chi connectivity index (χ0v) is 15.9. The number of benzene rings is 2. The molecule has 0 aliphatic carbocycles. The van der Waals surface area contributed by atoms with E-state index in [1.54, 1.807) is 17.0 Å². The Labute approximate surface area is 173 Å². The first-order valence-corrected chi connectivity index (χ1v) is 9.31. The van der Waals surface area contributed by atoms with Crippen LogP contribution in [0.3, 0.4) is 0 Å². The quantitative estimate of drug-likeness (QED) is 0.470. The Kier molecular flexibility index (Phi) is 4.46. The fraction of sp³-hybridized carbons (Fsp3) is 0.0952. The third-order valence-corrected chi connectivity index (χ3v) is 4.85. The lowest BCUT2D eigenvalue weighted by Gasteiger charge is -2.13. The third-order valence-electron chi connectivity index (χ3n) is 4.85. The van der Waals surface area contributed by atoms with E-state index in [0.717, 1.165) is 22.7 Å². The normalized spacial score (nSPS) is 11.8. The van der Waals surface area contributed by atoms with Crippen LogP contribution in [0.15, 0.2) is 67.3 Å². The summed E-state index contributed by atoms with van der Waals surface area (Å²) in [6, 6.07) is 12.7. The molecule has 0 aliphatic heterocycles. The van der Waals surface area contributed by atoms with Crippen molar-refractivity contribution in [3.63, 3.8) is 0 Å². The fourth-order valence-corrected chi connectivity index (χ4v) is 3.41. The molecule has 0 saturated carbocycles. The van der Waals surface area contributed by atoms with Crippen molar-refractivity contribution in [2.75, 3.05) is 0 Å². The molecule has 0 spiro atoms. The second-order valence-electron chi connectivity index (χ2n) is 6.82. The summed E-state index contributed by atoms with van der Waals surface area (Å²) < 4.78 is 42.2. The average Bonchev–Trinajstić information content (AvgIpc) is 3.44. The predicted octanol–water partition coefficient (Wildman–Crippen LogP) is 4.21. The van der Waals surface area contributed by atoms with Crippen molar-refractivity contribution in [1.82, 2.24) is 34.9 Å². The van der Waals surface area contributed by atoms with Gasteiger partial charge in [0.15, 0.2) is 11.6 Å². The Balaban J connectivity index is 1.66. The molecule has 1 N–H and O–H groups in total. The summed E-state index contributed by atoms with van der Waals surface area (Å²) in [6.07, 6.45) is 0.505. The predicted molar refractivity (Wildman–Crippen MR) is 106 cm³/mol. The molecule has 0 atom stereocenters. The first-order valence-electron chi connectivity index (χ1n) is 9.31. The molecule has 5 rings (SSSR count). The molecule has 10 heteroatoms. The van der Waals surface area contributed by atoms with Gasteiger partial charge in [-0.15, -0.1) is 10.2 Å². The standard InChI is InChI=1S/C21H14F3N7/c22-21(23,24)15-7-3-1-5-13(15)19-26-18(20(30-29-19)31-10-9-25-12-31)11-17-14-6-2-4-8-16(14)27-28-17/h1-10,12H,11H2,(H,27,28). The van der Waals surface area contributed by atoms with Gasteiger partial charge in [0.1, 0.15) is 6.33 Å². The van der Waals surface area contributed by atoms with Gasteiger partial charge in [0, 0.05) is 35.5 Å². The van der Waals surface area contributed by atoms with Gasteiger partial charge in [0.05, 0.1) is 16.8 Å². The molecule has 7 nitrogen and oxygen atoms in total. The van der Waals surface area contributed by atoms with Crippen molar-refractivity contribution in [2.24, 2.45) is 0 Å². The van der Waals surface area contributed by atoms with Crippen LogP contribution in [0.2, 0.25) is 0 Å². The highest BCUT2D eigenvalue weighted by Crippen LogP contribution is 2.36. The molecule has 31 heavy (non-hydrogen) atoms.